The Kier molecular flexibility index (Phi) is 8.86. The zero-order chi connectivity index (χ0) is 25.6. The first-order valence-corrected chi connectivity index (χ1v) is 10.9. The number of amides is 3. The molecule has 1 aliphatic carbocycles. The molecule has 0 aromatic heterocycles. The van der Waals surface area contributed by atoms with E-state index in [4.69, 9.17) is 4.74 Å². The predicted octanol–water partition coefficient (Wildman–Crippen LogP) is 0.845. The number of rotatable bonds is 9. The van der Waals surface area contributed by atoms with Gasteiger partial charge in [0.15, 0.2) is 0 Å². The number of nitrogens with zero attached hydrogens (tertiary/aromatic N) is 1. The van der Waals surface area contributed by atoms with Crippen LogP contribution in [0, 0.1) is 5.92 Å². The molecule has 0 aliphatic heterocycles. The van der Waals surface area contributed by atoms with Crippen molar-refractivity contribution in [1.82, 2.24) is 15.5 Å². The number of esters is 1. The molecule has 1 aromatic rings. The molecule has 4 atom stereocenters. The smallest absolute Gasteiger partial charge is 0.408 e. The minimum Gasteiger partial charge on any atom is -0.508 e. The number of aliphatic hydroxyl groups excluding tert-OH is 1. The SMILES string of the molecule is COC(=O)CNC(=O)C(c1ccc(O)cc1)N(C(=O)C(CO)NC(=O)OC(C)(C)C)C1CC1C. The number of ether oxygens (including phenoxy) is 2. The van der Waals surface area contributed by atoms with Crippen LogP contribution in [0.3, 0.4) is 0 Å². The van der Waals surface area contributed by atoms with Crippen molar-refractivity contribution in [1.29, 1.82) is 0 Å². The number of aliphatic hydroxyl groups is 1. The van der Waals surface area contributed by atoms with E-state index in [1.165, 1.54) is 36.3 Å². The summed E-state index contributed by atoms with van der Waals surface area (Å²) in [5.74, 6) is -1.98. The van der Waals surface area contributed by atoms with Crippen LogP contribution in [0.2, 0.25) is 0 Å². The number of aromatic hydroxyl groups is 1. The molecule has 0 saturated heterocycles. The van der Waals surface area contributed by atoms with Crippen LogP contribution < -0.4 is 10.6 Å². The number of methoxy groups -OCH3 is 1. The highest BCUT2D eigenvalue weighted by Gasteiger charge is 2.48. The molecule has 34 heavy (non-hydrogen) atoms. The van der Waals surface area contributed by atoms with Crippen molar-refractivity contribution < 1.29 is 38.9 Å². The Labute approximate surface area is 198 Å². The standard InChI is InChI=1S/C23H33N3O8/c1-13-10-17(13)26(21(31)16(12-27)25-22(32)34-23(2,3)4)19(14-6-8-15(28)9-7-14)20(30)24-11-18(29)33-5/h6-9,13,16-17,19,27-28H,10-12H2,1-5H3,(H,24,30)(H,25,32). The van der Waals surface area contributed by atoms with E-state index in [2.05, 4.69) is 15.4 Å². The molecular weight excluding hydrogens is 446 g/mol. The maximum Gasteiger partial charge on any atom is 0.408 e. The van der Waals surface area contributed by atoms with Crippen molar-refractivity contribution in [2.75, 3.05) is 20.3 Å². The average molecular weight is 480 g/mol. The maximum atomic E-state index is 13.6. The molecule has 1 aromatic carbocycles. The molecule has 11 heteroatoms. The third-order valence-corrected chi connectivity index (χ3v) is 5.22. The van der Waals surface area contributed by atoms with Gasteiger partial charge in [-0.15, -0.1) is 0 Å². The summed E-state index contributed by atoms with van der Waals surface area (Å²) in [7, 11) is 1.18. The van der Waals surface area contributed by atoms with E-state index in [1.807, 2.05) is 6.92 Å². The zero-order valence-corrected chi connectivity index (χ0v) is 20.0. The van der Waals surface area contributed by atoms with E-state index in [1.54, 1.807) is 20.8 Å². The second kappa shape index (κ2) is 11.2. The highest BCUT2D eigenvalue weighted by molar-refractivity contribution is 5.93. The maximum absolute atomic E-state index is 13.6. The molecule has 1 fully saturated rings. The molecule has 1 aliphatic rings. The summed E-state index contributed by atoms with van der Waals surface area (Å²) in [4.78, 5) is 51.9. The lowest BCUT2D eigenvalue weighted by Gasteiger charge is -2.34. The molecule has 0 radical (unpaired) electrons. The average Bonchev–Trinajstić information content (AvgIpc) is 3.48. The number of hydrogen-bond donors (Lipinski definition) is 4. The molecule has 0 heterocycles. The second-order valence-corrected chi connectivity index (χ2v) is 9.20. The Balaban J connectivity index is 2.39. The van der Waals surface area contributed by atoms with E-state index >= 15 is 0 Å². The quantitative estimate of drug-likeness (QED) is 0.380. The largest absolute Gasteiger partial charge is 0.508 e. The Morgan fingerprint density at radius 3 is 2.24 bits per heavy atom. The Morgan fingerprint density at radius 1 is 1.18 bits per heavy atom. The first-order valence-electron chi connectivity index (χ1n) is 10.9. The van der Waals surface area contributed by atoms with Gasteiger partial charge in [-0.2, -0.15) is 0 Å². The fourth-order valence-electron chi connectivity index (χ4n) is 3.41. The minimum atomic E-state index is -1.37. The molecule has 0 bridgehead atoms. The second-order valence-electron chi connectivity index (χ2n) is 9.20. The molecule has 4 unspecified atom stereocenters. The number of phenolic OH excluding ortho intramolecular Hbond substituents is 1. The summed E-state index contributed by atoms with van der Waals surface area (Å²) in [6.07, 6.45) is -0.283. The molecule has 11 nitrogen and oxygen atoms in total. The van der Waals surface area contributed by atoms with Gasteiger partial charge in [-0.05, 0) is 50.8 Å². The number of phenols is 1. The summed E-state index contributed by atoms with van der Waals surface area (Å²) in [5, 5.41) is 24.4. The van der Waals surface area contributed by atoms with Gasteiger partial charge in [0.05, 0.1) is 13.7 Å². The lowest BCUT2D eigenvalue weighted by molar-refractivity contribution is -0.145. The lowest BCUT2D eigenvalue weighted by atomic mass is 10.0. The van der Waals surface area contributed by atoms with Crippen LogP contribution in [0.4, 0.5) is 4.79 Å². The Morgan fingerprint density at radius 2 is 1.76 bits per heavy atom. The van der Waals surface area contributed by atoms with Gasteiger partial charge in [-0.25, -0.2) is 4.79 Å². The molecular formula is C23H33N3O8. The van der Waals surface area contributed by atoms with Crippen LogP contribution in [0.15, 0.2) is 24.3 Å². The van der Waals surface area contributed by atoms with Crippen LogP contribution in [0.1, 0.15) is 45.7 Å². The number of hydrogen-bond acceptors (Lipinski definition) is 8. The third-order valence-electron chi connectivity index (χ3n) is 5.22. The fourth-order valence-corrected chi connectivity index (χ4v) is 3.41. The summed E-state index contributed by atoms with van der Waals surface area (Å²) in [5.41, 5.74) is -0.443. The highest BCUT2D eigenvalue weighted by atomic mass is 16.6. The van der Waals surface area contributed by atoms with Crippen molar-refractivity contribution >= 4 is 23.9 Å². The Hall–Kier alpha value is -3.34. The molecule has 2 rings (SSSR count). The van der Waals surface area contributed by atoms with Gasteiger partial charge in [0.2, 0.25) is 11.8 Å². The van der Waals surface area contributed by atoms with Crippen molar-refractivity contribution in [3.63, 3.8) is 0 Å². The van der Waals surface area contributed by atoms with Crippen molar-refractivity contribution in [2.24, 2.45) is 5.92 Å². The summed E-state index contributed by atoms with van der Waals surface area (Å²) in [6.45, 7) is 5.75. The van der Waals surface area contributed by atoms with Gasteiger partial charge < -0.3 is 35.2 Å². The fraction of sp³-hybridized carbons (Fsp3) is 0.565. The lowest BCUT2D eigenvalue weighted by Crippen LogP contribution is -2.55. The van der Waals surface area contributed by atoms with Crippen molar-refractivity contribution in [3.05, 3.63) is 29.8 Å². The first-order chi connectivity index (χ1) is 15.9. The van der Waals surface area contributed by atoms with E-state index in [0.29, 0.717) is 12.0 Å². The number of alkyl carbamates (subject to hydrolysis) is 1. The van der Waals surface area contributed by atoms with Gasteiger partial charge in [0.25, 0.3) is 0 Å². The van der Waals surface area contributed by atoms with Gasteiger partial charge in [0.1, 0.15) is 30.0 Å². The zero-order valence-electron chi connectivity index (χ0n) is 20.0. The highest BCUT2D eigenvalue weighted by Crippen LogP contribution is 2.40. The van der Waals surface area contributed by atoms with E-state index in [0.717, 1.165) is 0 Å². The number of carbonyl (C=O) groups is 4. The van der Waals surface area contributed by atoms with Crippen LogP contribution in [0.5, 0.6) is 5.75 Å². The molecule has 188 valence electrons. The topological polar surface area (TPSA) is 154 Å². The number of carbonyl (C=O) groups excluding carboxylic acids is 4. The van der Waals surface area contributed by atoms with Gasteiger partial charge in [-0.3, -0.25) is 14.4 Å². The van der Waals surface area contributed by atoms with E-state index < -0.39 is 54.7 Å². The van der Waals surface area contributed by atoms with Crippen molar-refractivity contribution in [2.45, 2.75) is 57.8 Å². The van der Waals surface area contributed by atoms with Crippen molar-refractivity contribution in [3.8, 4) is 5.75 Å². The normalized spacial score (nSPS) is 18.8. The molecule has 0 spiro atoms. The van der Waals surface area contributed by atoms with Crippen LogP contribution in [0.25, 0.3) is 0 Å². The van der Waals surface area contributed by atoms with E-state index in [9.17, 15) is 29.4 Å². The van der Waals surface area contributed by atoms with Crippen LogP contribution in [-0.2, 0) is 23.9 Å². The number of benzene rings is 1. The minimum absolute atomic E-state index is 0.0324. The van der Waals surface area contributed by atoms with Crippen LogP contribution in [-0.4, -0.2) is 76.9 Å². The summed E-state index contributed by atoms with van der Waals surface area (Å²) < 4.78 is 9.75. The van der Waals surface area contributed by atoms with Gasteiger partial charge in [0, 0.05) is 6.04 Å². The molecule has 4 N–H and O–H groups in total. The summed E-state index contributed by atoms with van der Waals surface area (Å²) >= 11 is 0. The monoisotopic (exact) mass is 479 g/mol. The molecule has 3 amide bonds. The predicted molar refractivity (Wildman–Crippen MR) is 121 cm³/mol. The first kappa shape index (κ1) is 26.9. The van der Waals surface area contributed by atoms with Gasteiger partial charge >= 0.3 is 12.1 Å². The Bertz CT molecular complexity index is 896. The van der Waals surface area contributed by atoms with Crippen LogP contribution >= 0.6 is 0 Å². The van der Waals surface area contributed by atoms with Gasteiger partial charge in [-0.1, -0.05) is 19.1 Å². The van der Waals surface area contributed by atoms with E-state index in [-0.39, 0.29) is 17.7 Å². The third kappa shape index (κ3) is 7.34. The molecule has 1 saturated carbocycles. The summed E-state index contributed by atoms with van der Waals surface area (Å²) in [6, 6.07) is 2.82. The number of nitrogens with one attached hydrogen (secondary N) is 2.